The molecule has 0 spiro atoms. The predicted molar refractivity (Wildman–Crippen MR) is 111 cm³/mol. The van der Waals surface area contributed by atoms with Gasteiger partial charge in [0.15, 0.2) is 0 Å². The van der Waals surface area contributed by atoms with Crippen LogP contribution in [0.2, 0.25) is 0 Å². The van der Waals surface area contributed by atoms with Gasteiger partial charge in [-0.2, -0.15) is 0 Å². The molecule has 0 saturated heterocycles. The van der Waals surface area contributed by atoms with Crippen LogP contribution in [0, 0.1) is 5.92 Å². The van der Waals surface area contributed by atoms with Crippen LogP contribution in [0.25, 0.3) is 0 Å². The van der Waals surface area contributed by atoms with Gasteiger partial charge in [0.05, 0.1) is 6.42 Å². The Morgan fingerprint density at radius 1 is 1.15 bits per heavy atom. The summed E-state index contributed by atoms with van der Waals surface area (Å²) in [7, 11) is 0. The average Bonchev–Trinajstić information content (AvgIpc) is 3.50. The highest BCUT2D eigenvalue weighted by Gasteiger charge is 2.46. The van der Waals surface area contributed by atoms with Crippen molar-refractivity contribution in [3.8, 4) is 0 Å². The molecule has 1 fully saturated rings. The molecule has 0 radical (unpaired) electrons. The van der Waals surface area contributed by atoms with Crippen molar-refractivity contribution in [2.45, 2.75) is 51.7 Å². The van der Waals surface area contributed by atoms with Gasteiger partial charge in [-0.25, -0.2) is 0 Å². The van der Waals surface area contributed by atoms with Crippen LogP contribution in [0.3, 0.4) is 0 Å². The summed E-state index contributed by atoms with van der Waals surface area (Å²) in [6.45, 7) is 7.41. The number of rotatable bonds is 8. The molecule has 27 heavy (non-hydrogen) atoms. The van der Waals surface area contributed by atoms with Gasteiger partial charge in [-0.1, -0.05) is 30.3 Å². The number of hydrogen-bond donors (Lipinski definition) is 2. The van der Waals surface area contributed by atoms with Gasteiger partial charge in [-0.05, 0) is 69.4 Å². The van der Waals surface area contributed by atoms with Crippen molar-refractivity contribution in [3.63, 3.8) is 0 Å². The molecule has 1 amide bonds. The van der Waals surface area contributed by atoms with Crippen molar-refractivity contribution >= 4 is 17.3 Å². The fourth-order valence-electron chi connectivity index (χ4n) is 3.80. The second-order valence-corrected chi connectivity index (χ2v) is 7.72. The van der Waals surface area contributed by atoms with Crippen LogP contribution in [0.1, 0.15) is 45.6 Å². The van der Waals surface area contributed by atoms with Crippen LogP contribution in [-0.4, -0.2) is 23.6 Å². The molecule has 4 heteroatoms. The Morgan fingerprint density at radius 2 is 1.78 bits per heavy atom. The van der Waals surface area contributed by atoms with E-state index in [1.807, 2.05) is 54.6 Å². The van der Waals surface area contributed by atoms with Gasteiger partial charge in [-0.3, -0.25) is 4.79 Å². The summed E-state index contributed by atoms with van der Waals surface area (Å²) in [5.74, 6) is 0.00869. The highest BCUT2D eigenvalue weighted by atomic mass is 16.3. The monoisotopic (exact) mass is 366 g/mol. The van der Waals surface area contributed by atoms with Gasteiger partial charge in [0, 0.05) is 24.0 Å². The molecule has 0 aliphatic heterocycles. The van der Waals surface area contributed by atoms with Gasteiger partial charge in [-0.15, -0.1) is 0 Å². The standard InChI is InChI=1S/C23H30N2O2/c1-4-25(17(2)3)21-14-12-20(13-15-21)24-22(26)16-23(27,19-10-11-19)18-8-6-5-7-9-18/h5-9,12-15,17,19,27H,4,10-11,16H2,1-3H3,(H,24,26)/t23-/m1/s1. The third-order valence-corrected chi connectivity index (χ3v) is 5.40. The van der Waals surface area contributed by atoms with Crippen molar-refractivity contribution in [2.24, 2.45) is 5.92 Å². The lowest BCUT2D eigenvalue weighted by Gasteiger charge is -2.29. The van der Waals surface area contributed by atoms with Gasteiger partial charge in [0.1, 0.15) is 5.60 Å². The number of amides is 1. The second-order valence-electron chi connectivity index (χ2n) is 7.72. The molecule has 1 aliphatic rings. The molecule has 0 aromatic heterocycles. The van der Waals surface area contributed by atoms with Gasteiger partial charge in [0.2, 0.25) is 5.91 Å². The normalized spacial score (nSPS) is 16.0. The molecule has 1 aliphatic carbocycles. The van der Waals surface area contributed by atoms with Crippen molar-refractivity contribution in [1.82, 2.24) is 0 Å². The van der Waals surface area contributed by atoms with Gasteiger partial charge in [0.25, 0.3) is 0 Å². The van der Waals surface area contributed by atoms with E-state index in [4.69, 9.17) is 0 Å². The van der Waals surface area contributed by atoms with Gasteiger partial charge >= 0.3 is 0 Å². The lowest BCUT2D eigenvalue weighted by atomic mass is 9.85. The highest BCUT2D eigenvalue weighted by molar-refractivity contribution is 5.91. The molecule has 2 aromatic rings. The Bertz CT molecular complexity index is 754. The number of nitrogens with zero attached hydrogens (tertiary/aromatic N) is 1. The molecule has 0 bridgehead atoms. The molecule has 1 saturated carbocycles. The highest BCUT2D eigenvalue weighted by Crippen LogP contribution is 2.47. The average molecular weight is 367 g/mol. The third-order valence-electron chi connectivity index (χ3n) is 5.40. The maximum Gasteiger partial charge on any atom is 0.227 e. The summed E-state index contributed by atoms with van der Waals surface area (Å²) in [5.41, 5.74) is 1.65. The van der Waals surface area contributed by atoms with E-state index in [2.05, 4.69) is 31.0 Å². The predicted octanol–water partition coefficient (Wildman–Crippen LogP) is 4.55. The zero-order chi connectivity index (χ0) is 19.4. The maximum absolute atomic E-state index is 12.6. The van der Waals surface area contributed by atoms with Crippen LogP contribution < -0.4 is 10.2 Å². The summed E-state index contributed by atoms with van der Waals surface area (Å²) >= 11 is 0. The van der Waals surface area contributed by atoms with Crippen molar-refractivity contribution < 1.29 is 9.90 Å². The molecular formula is C23H30N2O2. The molecular weight excluding hydrogens is 336 g/mol. The lowest BCUT2D eigenvalue weighted by molar-refractivity contribution is -0.122. The quantitative estimate of drug-likeness (QED) is 0.721. The number of aliphatic hydroxyl groups is 1. The van der Waals surface area contributed by atoms with E-state index >= 15 is 0 Å². The number of nitrogens with one attached hydrogen (secondary N) is 1. The van der Waals surface area contributed by atoms with E-state index in [1.165, 1.54) is 0 Å². The maximum atomic E-state index is 12.6. The Morgan fingerprint density at radius 3 is 2.30 bits per heavy atom. The minimum absolute atomic E-state index is 0.0799. The van der Waals surface area contributed by atoms with Gasteiger partial charge < -0.3 is 15.3 Å². The molecule has 2 aromatic carbocycles. The summed E-state index contributed by atoms with van der Waals surface area (Å²) in [5, 5.41) is 14.2. The largest absolute Gasteiger partial charge is 0.384 e. The zero-order valence-corrected chi connectivity index (χ0v) is 16.5. The number of carbonyl (C=O) groups is 1. The SMILES string of the molecule is CCN(c1ccc(NC(=O)C[C@@](O)(c2ccccc2)C2CC2)cc1)C(C)C. The summed E-state index contributed by atoms with van der Waals surface area (Å²) < 4.78 is 0. The van der Waals surface area contributed by atoms with Crippen molar-refractivity contribution in [2.75, 3.05) is 16.8 Å². The van der Waals surface area contributed by atoms with Crippen LogP contribution in [0.4, 0.5) is 11.4 Å². The van der Waals surface area contributed by atoms with Crippen LogP contribution >= 0.6 is 0 Å². The molecule has 3 rings (SSSR count). The lowest BCUT2D eigenvalue weighted by Crippen LogP contribution is -2.33. The van der Waals surface area contributed by atoms with E-state index in [1.54, 1.807) is 0 Å². The first-order valence-electron chi connectivity index (χ1n) is 9.88. The molecule has 2 N–H and O–H groups in total. The Labute approximate surface area is 162 Å². The van der Waals surface area contributed by atoms with E-state index in [9.17, 15) is 9.90 Å². The molecule has 0 unspecified atom stereocenters. The Kier molecular flexibility index (Phi) is 5.85. The minimum atomic E-state index is -1.08. The van der Waals surface area contributed by atoms with Crippen molar-refractivity contribution in [1.29, 1.82) is 0 Å². The van der Waals surface area contributed by atoms with E-state index in [0.29, 0.717) is 6.04 Å². The fourth-order valence-corrected chi connectivity index (χ4v) is 3.80. The smallest absolute Gasteiger partial charge is 0.227 e. The van der Waals surface area contributed by atoms with E-state index in [-0.39, 0.29) is 18.2 Å². The number of hydrogen-bond acceptors (Lipinski definition) is 3. The zero-order valence-electron chi connectivity index (χ0n) is 16.5. The summed E-state index contributed by atoms with van der Waals surface area (Å²) in [4.78, 5) is 14.9. The molecule has 1 atom stereocenters. The molecule has 144 valence electrons. The summed E-state index contributed by atoms with van der Waals surface area (Å²) in [6, 6.07) is 17.9. The Balaban J connectivity index is 1.68. The number of benzene rings is 2. The number of anilines is 2. The Hall–Kier alpha value is -2.33. The first kappa shape index (κ1) is 19.4. The van der Waals surface area contributed by atoms with Crippen LogP contribution in [0.5, 0.6) is 0 Å². The van der Waals surface area contributed by atoms with Crippen molar-refractivity contribution in [3.05, 3.63) is 60.2 Å². The van der Waals surface area contributed by atoms with Crippen LogP contribution in [0.15, 0.2) is 54.6 Å². The third kappa shape index (κ3) is 4.51. The first-order chi connectivity index (χ1) is 12.9. The number of carbonyl (C=O) groups excluding carboxylic acids is 1. The first-order valence-corrected chi connectivity index (χ1v) is 9.88. The summed E-state index contributed by atoms with van der Waals surface area (Å²) in [6.07, 6.45) is 2.02. The fraction of sp³-hybridized carbons (Fsp3) is 0.435. The molecule has 4 nitrogen and oxygen atoms in total. The van der Waals surface area contributed by atoms with E-state index in [0.717, 1.165) is 36.3 Å². The van der Waals surface area contributed by atoms with Crippen LogP contribution in [-0.2, 0) is 10.4 Å². The van der Waals surface area contributed by atoms with E-state index < -0.39 is 5.60 Å². The minimum Gasteiger partial charge on any atom is -0.384 e. The second kappa shape index (κ2) is 8.13. The topological polar surface area (TPSA) is 52.6 Å². The molecule has 0 heterocycles.